The first-order valence-electron chi connectivity index (χ1n) is 15.9. The van der Waals surface area contributed by atoms with Crippen molar-refractivity contribution in [2.45, 2.75) is 148 Å². The van der Waals surface area contributed by atoms with E-state index >= 15 is 0 Å². The molecule has 4 nitrogen and oxygen atoms in total. The van der Waals surface area contributed by atoms with Crippen LogP contribution in [-0.2, 0) is 4.79 Å². The molecule has 3 aliphatic carbocycles. The molecule has 3 aliphatic rings. The van der Waals surface area contributed by atoms with Crippen LogP contribution in [0.15, 0.2) is 23.8 Å². The topological polar surface area (TPSA) is 77.8 Å². The number of fused-ring (bicyclic) bond motifs is 1. The number of aliphatic hydroxyl groups excluding tert-OH is 2. The van der Waals surface area contributed by atoms with Gasteiger partial charge in [0.15, 0.2) is 0 Å². The van der Waals surface area contributed by atoms with Crippen LogP contribution in [0.1, 0.15) is 136 Å². The lowest BCUT2D eigenvalue weighted by molar-refractivity contribution is -0.136. The predicted octanol–water partition coefficient (Wildman–Crippen LogP) is 8.22. The Morgan fingerprint density at radius 3 is 2.38 bits per heavy atom. The summed E-state index contributed by atoms with van der Waals surface area (Å²) in [5.74, 6) is 0.577. The fourth-order valence-corrected chi connectivity index (χ4v) is 8.09. The third-order valence-corrected chi connectivity index (χ3v) is 10.0. The minimum Gasteiger partial charge on any atom is -0.481 e. The number of hydrogen-bond donors (Lipinski definition) is 3. The van der Waals surface area contributed by atoms with Gasteiger partial charge < -0.3 is 15.3 Å². The van der Waals surface area contributed by atoms with E-state index in [1.165, 1.54) is 76.2 Å². The summed E-state index contributed by atoms with van der Waals surface area (Å²) in [6, 6.07) is 0. The average Bonchev–Trinajstić information content (AvgIpc) is 2.90. The van der Waals surface area contributed by atoms with Crippen LogP contribution in [0.5, 0.6) is 0 Å². The molecule has 212 valence electrons. The molecular formula is C33H56O4. The van der Waals surface area contributed by atoms with Gasteiger partial charge in [0.25, 0.3) is 0 Å². The molecule has 6 atom stereocenters. The molecule has 3 saturated carbocycles. The van der Waals surface area contributed by atoms with E-state index in [1.54, 1.807) is 0 Å². The van der Waals surface area contributed by atoms with Crippen molar-refractivity contribution in [3.8, 4) is 0 Å². The summed E-state index contributed by atoms with van der Waals surface area (Å²) in [6.45, 7) is 4.50. The van der Waals surface area contributed by atoms with E-state index in [2.05, 4.69) is 26.0 Å². The van der Waals surface area contributed by atoms with Gasteiger partial charge in [-0.05, 0) is 68.1 Å². The highest BCUT2D eigenvalue weighted by Crippen LogP contribution is 2.68. The quantitative estimate of drug-likeness (QED) is 0.143. The fraction of sp³-hybridized carbons (Fsp3) is 0.848. The molecule has 0 amide bonds. The highest BCUT2D eigenvalue weighted by Gasteiger charge is 2.61. The van der Waals surface area contributed by atoms with Crippen molar-refractivity contribution in [3.05, 3.63) is 23.8 Å². The summed E-state index contributed by atoms with van der Waals surface area (Å²) in [5.41, 5.74) is 1.62. The molecule has 0 aliphatic heterocycles. The van der Waals surface area contributed by atoms with Gasteiger partial charge in [-0.15, -0.1) is 0 Å². The van der Waals surface area contributed by atoms with Gasteiger partial charge in [0.1, 0.15) is 0 Å². The summed E-state index contributed by atoms with van der Waals surface area (Å²) in [4.78, 5) is 11.3. The second-order valence-corrected chi connectivity index (χ2v) is 12.5. The van der Waals surface area contributed by atoms with E-state index in [0.717, 1.165) is 38.5 Å². The van der Waals surface area contributed by atoms with E-state index in [1.807, 2.05) is 6.08 Å². The molecule has 0 aromatic rings. The second kappa shape index (κ2) is 15.5. The van der Waals surface area contributed by atoms with E-state index in [4.69, 9.17) is 0 Å². The van der Waals surface area contributed by atoms with Crippen LogP contribution >= 0.6 is 0 Å². The summed E-state index contributed by atoms with van der Waals surface area (Å²) in [6.07, 6.45) is 26.5. The molecule has 0 aromatic carbocycles. The SMILES string of the molecule is CCCCCCC1C(=CCCC(=O)O)[C@]2(CCCCCC)CC[C@H](O)[C@@H](C=CC(O)C3CCCCC3)[C@H]12. The molecule has 0 spiro atoms. The smallest absolute Gasteiger partial charge is 0.303 e. The van der Waals surface area contributed by atoms with Gasteiger partial charge in [0.05, 0.1) is 12.2 Å². The Morgan fingerprint density at radius 1 is 1.00 bits per heavy atom. The summed E-state index contributed by atoms with van der Waals surface area (Å²) in [5, 5.41) is 31.5. The van der Waals surface area contributed by atoms with Crippen LogP contribution in [0.25, 0.3) is 0 Å². The van der Waals surface area contributed by atoms with Crippen molar-refractivity contribution < 1.29 is 20.1 Å². The molecule has 0 bridgehead atoms. The number of hydrogen-bond acceptors (Lipinski definition) is 3. The number of rotatable bonds is 16. The zero-order valence-electron chi connectivity index (χ0n) is 23.9. The summed E-state index contributed by atoms with van der Waals surface area (Å²) >= 11 is 0. The Kier molecular flexibility index (Phi) is 12.7. The normalized spacial score (nSPS) is 32.4. The Labute approximate surface area is 227 Å². The zero-order chi connectivity index (χ0) is 26.7. The van der Waals surface area contributed by atoms with Gasteiger partial charge in [-0.2, -0.15) is 0 Å². The number of aliphatic hydroxyl groups is 2. The van der Waals surface area contributed by atoms with Gasteiger partial charge >= 0.3 is 5.97 Å². The third kappa shape index (κ3) is 7.94. The minimum atomic E-state index is -0.721. The van der Waals surface area contributed by atoms with Crippen LogP contribution in [0, 0.1) is 29.1 Å². The standard InChI is InChI=1S/C33H56O4/c1-3-5-7-12-17-26-28(18-14-19-31(36)37)33(23-13-8-6-4-2)24-22-30(35)27(32(26)33)20-21-29(34)25-15-10-9-11-16-25/h18,20-21,25-27,29-30,32,34-35H,3-17,19,22-24H2,1-2H3,(H,36,37)/t26?,27-,29?,30+,32+,33+/m1/s1. The van der Waals surface area contributed by atoms with Crippen molar-refractivity contribution in [3.63, 3.8) is 0 Å². The molecule has 3 rings (SSSR count). The van der Waals surface area contributed by atoms with Crippen LogP contribution in [-0.4, -0.2) is 33.5 Å². The molecule has 3 N–H and O–H groups in total. The monoisotopic (exact) mass is 516 g/mol. The van der Waals surface area contributed by atoms with Crippen molar-refractivity contribution in [1.29, 1.82) is 0 Å². The molecule has 0 heterocycles. The highest BCUT2D eigenvalue weighted by atomic mass is 16.4. The minimum absolute atomic E-state index is 0.0889. The molecule has 37 heavy (non-hydrogen) atoms. The Morgan fingerprint density at radius 2 is 1.70 bits per heavy atom. The first-order chi connectivity index (χ1) is 17.9. The Bertz CT molecular complexity index is 737. The first kappa shape index (κ1) is 30.4. The maximum Gasteiger partial charge on any atom is 0.303 e. The van der Waals surface area contributed by atoms with E-state index in [9.17, 15) is 20.1 Å². The molecule has 4 heteroatoms. The molecular weight excluding hydrogens is 460 g/mol. The fourth-order valence-electron chi connectivity index (χ4n) is 8.09. The maximum absolute atomic E-state index is 11.3. The van der Waals surface area contributed by atoms with Crippen molar-refractivity contribution in [2.75, 3.05) is 0 Å². The molecule has 2 unspecified atom stereocenters. The lowest BCUT2D eigenvalue weighted by Gasteiger charge is -2.64. The Balaban J connectivity index is 1.85. The Hall–Kier alpha value is -1.13. The largest absolute Gasteiger partial charge is 0.481 e. The van der Waals surface area contributed by atoms with Crippen molar-refractivity contribution in [2.24, 2.45) is 29.1 Å². The average molecular weight is 517 g/mol. The maximum atomic E-state index is 11.3. The molecule has 0 aromatic heterocycles. The number of carbonyl (C=O) groups is 1. The number of unbranched alkanes of at least 4 members (excludes halogenated alkanes) is 6. The van der Waals surface area contributed by atoms with E-state index in [0.29, 0.717) is 24.2 Å². The number of aliphatic carboxylic acids is 1. The molecule has 0 saturated heterocycles. The van der Waals surface area contributed by atoms with E-state index in [-0.39, 0.29) is 23.9 Å². The second-order valence-electron chi connectivity index (χ2n) is 12.5. The predicted molar refractivity (Wildman–Crippen MR) is 152 cm³/mol. The lowest BCUT2D eigenvalue weighted by Crippen LogP contribution is -2.59. The van der Waals surface area contributed by atoms with Crippen LogP contribution in [0.4, 0.5) is 0 Å². The zero-order valence-corrected chi connectivity index (χ0v) is 23.9. The number of carboxylic acid groups (broad SMARTS) is 1. The van der Waals surface area contributed by atoms with Crippen molar-refractivity contribution >= 4 is 5.97 Å². The molecule has 0 radical (unpaired) electrons. The summed E-state index contributed by atoms with van der Waals surface area (Å²) in [7, 11) is 0. The lowest BCUT2D eigenvalue weighted by atomic mass is 9.40. The number of carboxylic acids is 1. The van der Waals surface area contributed by atoms with Gasteiger partial charge in [-0.3, -0.25) is 4.79 Å². The third-order valence-electron chi connectivity index (χ3n) is 10.0. The van der Waals surface area contributed by atoms with Gasteiger partial charge in [-0.1, -0.05) is 108 Å². The van der Waals surface area contributed by atoms with Crippen LogP contribution in [0.2, 0.25) is 0 Å². The van der Waals surface area contributed by atoms with E-state index < -0.39 is 12.1 Å². The van der Waals surface area contributed by atoms with Gasteiger partial charge in [0.2, 0.25) is 0 Å². The number of allylic oxidation sites excluding steroid dienone is 2. The first-order valence-corrected chi connectivity index (χ1v) is 15.9. The summed E-state index contributed by atoms with van der Waals surface area (Å²) < 4.78 is 0. The van der Waals surface area contributed by atoms with Crippen LogP contribution < -0.4 is 0 Å². The van der Waals surface area contributed by atoms with Crippen LogP contribution in [0.3, 0.4) is 0 Å². The van der Waals surface area contributed by atoms with Crippen molar-refractivity contribution in [1.82, 2.24) is 0 Å². The molecule has 3 fully saturated rings. The van der Waals surface area contributed by atoms with Gasteiger partial charge in [0, 0.05) is 12.3 Å². The highest BCUT2D eigenvalue weighted by molar-refractivity contribution is 5.66. The van der Waals surface area contributed by atoms with Gasteiger partial charge in [-0.25, -0.2) is 0 Å².